The van der Waals surface area contributed by atoms with Gasteiger partial charge >= 0.3 is 0 Å². The summed E-state index contributed by atoms with van der Waals surface area (Å²) in [6.45, 7) is 3.70. The Labute approximate surface area is 117 Å². The van der Waals surface area contributed by atoms with Crippen LogP contribution in [0.4, 0.5) is 5.69 Å². The first-order valence-electron chi connectivity index (χ1n) is 6.65. The SMILES string of the molecule is Cc1cc(Cl)c(NCC2CCCO2)c2cccnc12. The van der Waals surface area contributed by atoms with Crippen LogP contribution < -0.4 is 5.32 Å². The quantitative estimate of drug-likeness (QED) is 0.926. The third-order valence-corrected chi connectivity index (χ3v) is 3.86. The van der Waals surface area contributed by atoms with E-state index in [1.807, 2.05) is 25.3 Å². The van der Waals surface area contributed by atoms with Gasteiger partial charge in [-0.25, -0.2) is 0 Å². The number of benzene rings is 1. The fourth-order valence-corrected chi connectivity index (χ4v) is 2.91. The third kappa shape index (κ3) is 2.53. The van der Waals surface area contributed by atoms with E-state index in [0.29, 0.717) is 6.10 Å². The van der Waals surface area contributed by atoms with Crippen LogP contribution in [0.25, 0.3) is 10.9 Å². The highest BCUT2D eigenvalue weighted by atomic mass is 35.5. The standard InChI is InChI=1S/C15H17ClN2O/c1-10-8-13(16)15(12-5-2-6-17-14(10)12)18-9-11-4-3-7-19-11/h2,5-6,8,11,18H,3-4,7,9H2,1H3. The first-order valence-corrected chi connectivity index (χ1v) is 7.03. The molecule has 0 spiro atoms. The lowest BCUT2D eigenvalue weighted by Gasteiger charge is -2.16. The molecule has 100 valence electrons. The van der Waals surface area contributed by atoms with Gasteiger partial charge < -0.3 is 10.1 Å². The molecule has 3 rings (SSSR count). The van der Waals surface area contributed by atoms with Crippen molar-refractivity contribution in [1.29, 1.82) is 0 Å². The topological polar surface area (TPSA) is 34.1 Å². The Bertz CT molecular complexity index is 594. The lowest BCUT2D eigenvalue weighted by atomic mass is 10.1. The van der Waals surface area contributed by atoms with E-state index in [1.165, 1.54) is 0 Å². The van der Waals surface area contributed by atoms with Crippen LogP contribution in [0, 0.1) is 6.92 Å². The van der Waals surface area contributed by atoms with Crippen LogP contribution in [-0.2, 0) is 4.74 Å². The number of anilines is 1. The average Bonchev–Trinajstić information content (AvgIpc) is 2.92. The van der Waals surface area contributed by atoms with E-state index in [9.17, 15) is 0 Å². The summed E-state index contributed by atoms with van der Waals surface area (Å²) in [5, 5.41) is 5.25. The van der Waals surface area contributed by atoms with Gasteiger partial charge in [0.05, 0.1) is 22.3 Å². The van der Waals surface area contributed by atoms with Gasteiger partial charge in [-0.15, -0.1) is 0 Å². The molecule has 2 aromatic rings. The van der Waals surface area contributed by atoms with Crippen molar-refractivity contribution in [1.82, 2.24) is 4.98 Å². The Hall–Kier alpha value is -1.32. The number of nitrogens with zero attached hydrogens (tertiary/aromatic N) is 1. The number of nitrogens with one attached hydrogen (secondary N) is 1. The van der Waals surface area contributed by atoms with Crippen LogP contribution in [-0.4, -0.2) is 24.2 Å². The van der Waals surface area contributed by atoms with Gasteiger partial charge in [-0.3, -0.25) is 4.98 Å². The summed E-state index contributed by atoms with van der Waals surface area (Å²) in [6, 6.07) is 5.96. The second-order valence-electron chi connectivity index (χ2n) is 4.97. The van der Waals surface area contributed by atoms with E-state index in [1.54, 1.807) is 0 Å². The highest BCUT2D eigenvalue weighted by Crippen LogP contribution is 2.32. The van der Waals surface area contributed by atoms with Crippen LogP contribution in [0.3, 0.4) is 0 Å². The fraction of sp³-hybridized carbons (Fsp3) is 0.400. The molecule has 1 aromatic heterocycles. The number of aryl methyl sites for hydroxylation is 1. The summed E-state index contributed by atoms with van der Waals surface area (Å²) >= 11 is 6.36. The Morgan fingerprint density at radius 3 is 3.21 bits per heavy atom. The normalized spacial score (nSPS) is 18.9. The van der Waals surface area contributed by atoms with Gasteiger partial charge in [0, 0.05) is 24.7 Å². The number of rotatable bonds is 3. The Morgan fingerprint density at radius 1 is 1.53 bits per heavy atom. The molecule has 4 heteroatoms. The number of aromatic nitrogens is 1. The number of hydrogen-bond donors (Lipinski definition) is 1. The largest absolute Gasteiger partial charge is 0.381 e. The van der Waals surface area contributed by atoms with Crippen LogP contribution in [0.15, 0.2) is 24.4 Å². The van der Waals surface area contributed by atoms with Crippen molar-refractivity contribution >= 4 is 28.2 Å². The van der Waals surface area contributed by atoms with Crippen molar-refractivity contribution in [2.24, 2.45) is 0 Å². The van der Waals surface area contributed by atoms with E-state index in [4.69, 9.17) is 16.3 Å². The zero-order chi connectivity index (χ0) is 13.2. The van der Waals surface area contributed by atoms with Gasteiger partial charge in [0.2, 0.25) is 0 Å². The molecule has 0 radical (unpaired) electrons. The summed E-state index contributed by atoms with van der Waals surface area (Å²) in [4.78, 5) is 4.43. The lowest BCUT2D eigenvalue weighted by Crippen LogP contribution is -2.18. The Morgan fingerprint density at radius 2 is 2.42 bits per heavy atom. The highest BCUT2D eigenvalue weighted by molar-refractivity contribution is 6.35. The molecule has 0 saturated carbocycles. The zero-order valence-corrected chi connectivity index (χ0v) is 11.7. The number of hydrogen-bond acceptors (Lipinski definition) is 3. The van der Waals surface area contributed by atoms with Crippen LogP contribution in [0.1, 0.15) is 18.4 Å². The van der Waals surface area contributed by atoms with E-state index in [-0.39, 0.29) is 0 Å². The van der Waals surface area contributed by atoms with Gasteiger partial charge in [0.25, 0.3) is 0 Å². The molecule has 0 amide bonds. The predicted molar refractivity (Wildman–Crippen MR) is 79.0 cm³/mol. The summed E-state index contributed by atoms with van der Waals surface area (Å²) in [6.07, 6.45) is 4.37. The molecule has 3 nitrogen and oxygen atoms in total. The van der Waals surface area contributed by atoms with Crippen LogP contribution in [0.2, 0.25) is 5.02 Å². The summed E-state index contributed by atoms with van der Waals surface area (Å²) in [5.74, 6) is 0. The summed E-state index contributed by atoms with van der Waals surface area (Å²) in [5.41, 5.74) is 3.07. The molecule has 2 heterocycles. The van der Waals surface area contributed by atoms with Gasteiger partial charge in [-0.1, -0.05) is 11.6 Å². The van der Waals surface area contributed by atoms with E-state index in [2.05, 4.69) is 16.4 Å². The zero-order valence-electron chi connectivity index (χ0n) is 10.9. The second kappa shape index (κ2) is 5.35. The minimum atomic E-state index is 0.295. The first kappa shape index (κ1) is 12.7. The van der Waals surface area contributed by atoms with E-state index in [0.717, 1.165) is 53.2 Å². The highest BCUT2D eigenvalue weighted by Gasteiger charge is 2.16. The maximum atomic E-state index is 6.36. The van der Waals surface area contributed by atoms with Crippen molar-refractivity contribution in [2.45, 2.75) is 25.9 Å². The molecule has 1 saturated heterocycles. The molecule has 1 N–H and O–H groups in total. The molecule has 1 atom stereocenters. The molecule has 0 aliphatic carbocycles. The molecule has 1 aliphatic rings. The summed E-state index contributed by atoms with van der Waals surface area (Å²) in [7, 11) is 0. The second-order valence-corrected chi connectivity index (χ2v) is 5.37. The van der Waals surface area contributed by atoms with E-state index < -0.39 is 0 Å². The van der Waals surface area contributed by atoms with Crippen molar-refractivity contribution in [3.05, 3.63) is 35.0 Å². The number of fused-ring (bicyclic) bond motifs is 1. The van der Waals surface area contributed by atoms with Crippen LogP contribution >= 0.6 is 11.6 Å². The maximum Gasteiger partial charge on any atom is 0.0752 e. The lowest BCUT2D eigenvalue weighted by molar-refractivity contribution is 0.120. The minimum Gasteiger partial charge on any atom is -0.381 e. The van der Waals surface area contributed by atoms with Crippen LogP contribution in [0.5, 0.6) is 0 Å². The van der Waals surface area contributed by atoms with Gasteiger partial charge in [-0.05, 0) is 43.5 Å². The molecule has 1 aliphatic heterocycles. The van der Waals surface area contributed by atoms with Crippen molar-refractivity contribution in [2.75, 3.05) is 18.5 Å². The number of ether oxygens (including phenoxy) is 1. The molecule has 1 aromatic carbocycles. The summed E-state index contributed by atoms with van der Waals surface area (Å²) < 4.78 is 5.63. The molecule has 1 unspecified atom stereocenters. The van der Waals surface area contributed by atoms with Crippen molar-refractivity contribution in [3.63, 3.8) is 0 Å². The van der Waals surface area contributed by atoms with Crippen molar-refractivity contribution in [3.8, 4) is 0 Å². The van der Waals surface area contributed by atoms with Crippen molar-refractivity contribution < 1.29 is 4.74 Å². The van der Waals surface area contributed by atoms with Gasteiger partial charge in [-0.2, -0.15) is 0 Å². The molecule has 1 fully saturated rings. The Balaban J connectivity index is 1.93. The first-order chi connectivity index (χ1) is 9.25. The smallest absolute Gasteiger partial charge is 0.0752 e. The molecule has 0 bridgehead atoms. The fourth-order valence-electron chi connectivity index (χ4n) is 2.58. The van der Waals surface area contributed by atoms with Gasteiger partial charge in [0.15, 0.2) is 0 Å². The third-order valence-electron chi connectivity index (χ3n) is 3.56. The monoisotopic (exact) mass is 276 g/mol. The minimum absolute atomic E-state index is 0.295. The molecular formula is C15H17ClN2O. The molecular weight excluding hydrogens is 260 g/mol. The predicted octanol–water partition coefficient (Wildman–Crippen LogP) is 3.79. The number of halogens is 1. The van der Waals surface area contributed by atoms with E-state index >= 15 is 0 Å². The molecule has 19 heavy (non-hydrogen) atoms. The maximum absolute atomic E-state index is 6.36. The number of pyridine rings is 1. The van der Waals surface area contributed by atoms with Gasteiger partial charge in [0.1, 0.15) is 0 Å². The Kier molecular flexibility index (Phi) is 3.58. The average molecular weight is 277 g/mol.